The van der Waals surface area contributed by atoms with Gasteiger partial charge in [0.1, 0.15) is 18.9 Å². The first-order valence-corrected chi connectivity index (χ1v) is 5.75. The fourth-order valence-corrected chi connectivity index (χ4v) is 1.55. The van der Waals surface area contributed by atoms with Gasteiger partial charge in [-0.1, -0.05) is 0 Å². The van der Waals surface area contributed by atoms with E-state index in [0.717, 1.165) is 4.90 Å². The summed E-state index contributed by atoms with van der Waals surface area (Å²) in [6.07, 6.45) is -4.69. The number of hydrogen-bond acceptors (Lipinski definition) is 4. The molecule has 0 aliphatic carbocycles. The Morgan fingerprint density at radius 1 is 1.38 bits per heavy atom. The second kappa shape index (κ2) is 6.41. The number of alkyl halides is 3. The lowest BCUT2D eigenvalue weighted by Crippen LogP contribution is -2.47. The molecule has 11 heteroatoms. The Balaban J connectivity index is 2.75. The highest BCUT2D eigenvalue weighted by atomic mass is 19.4. The molecule has 0 aliphatic rings. The van der Waals surface area contributed by atoms with E-state index < -0.39 is 31.3 Å². The van der Waals surface area contributed by atoms with Crippen LogP contribution in [0.1, 0.15) is 11.6 Å². The third-order valence-electron chi connectivity index (χ3n) is 2.32. The van der Waals surface area contributed by atoms with Crippen molar-refractivity contribution >= 4 is 12.0 Å². The molecule has 1 aromatic rings. The van der Waals surface area contributed by atoms with Gasteiger partial charge in [-0.3, -0.25) is 9.89 Å². The molecular weight excluding hydrogens is 295 g/mol. The van der Waals surface area contributed by atoms with Crippen molar-refractivity contribution in [2.24, 2.45) is 0 Å². The summed E-state index contributed by atoms with van der Waals surface area (Å²) < 4.78 is 37.1. The van der Waals surface area contributed by atoms with E-state index in [-0.39, 0.29) is 17.3 Å². The Morgan fingerprint density at radius 3 is 2.43 bits per heavy atom. The number of carboxylic acid groups (broad SMARTS) is 1. The van der Waals surface area contributed by atoms with Gasteiger partial charge in [-0.05, 0) is 6.92 Å². The van der Waals surface area contributed by atoms with Crippen LogP contribution in [0.4, 0.5) is 18.0 Å². The van der Waals surface area contributed by atoms with Crippen molar-refractivity contribution in [2.45, 2.75) is 19.6 Å². The first-order valence-electron chi connectivity index (χ1n) is 5.75. The molecule has 1 heterocycles. The third kappa shape index (κ3) is 5.67. The van der Waals surface area contributed by atoms with Crippen molar-refractivity contribution in [1.82, 2.24) is 25.0 Å². The zero-order valence-corrected chi connectivity index (χ0v) is 11.3. The predicted molar refractivity (Wildman–Crippen MR) is 63.2 cm³/mol. The molecule has 8 nitrogen and oxygen atoms in total. The van der Waals surface area contributed by atoms with Crippen LogP contribution >= 0.6 is 0 Å². The Labute approximate surface area is 117 Å². The summed E-state index contributed by atoms with van der Waals surface area (Å²) in [4.78, 5) is 27.5. The standard InChI is InChI=1S/C10H14F3N5O3/c1-6-14-7(16-15-6)3-17(2)9(21)18(4-8(19)20)5-10(11,12)13/h3-5H2,1-2H3,(H,19,20)(H,14,15,16). The maximum atomic E-state index is 12.4. The zero-order valence-electron chi connectivity index (χ0n) is 11.3. The van der Waals surface area contributed by atoms with Gasteiger partial charge >= 0.3 is 18.2 Å². The topological polar surface area (TPSA) is 102 Å². The largest absolute Gasteiger partial charge is 0.480 e. The Kier molecular flexibility index (Phi) is 5.11. The van der Waals surface area contributed by atoms with E-state index in [1.54, 1.807) is 6.92 Å². The van der Waals surface area contributed by atoms with E-state index in [4.69, 9.17) is 5.11 Å². The van der Waals surface area contributed by atoms with E-state index in [1.165, 1.54) is 7.05 Å². The van der Waals surface area contributed by atoms with Crippen LogP contribution in [-0.2, 0) is 11.3 Å². The van der Waals surface area contributed by atoms with Crippen molar-refractivity contribution in [2.75, 3.05) is 20.1 Å². The molecule has 2 amide bonds. The van der Waals surface area contributed by atoms with Crippen LogP contribution in [0.5, 0.6) is 0 Å². The molecule has 0 spiro atoms. The number of urea groups is 1. The molecule has 0 saturated heterocycles. The summed E-state index contributed by atoms with van der Waals surface area (Å²) in [7, 11) is 1.24. The van der Waals surface area contributed by atoms with Crippen LogP contribution in [0.3, 0.4) is 0 Å². The molecule has 0 atom stereocenters. The van der Waals surface area contributed by atoms with E-state index >= 15 is 0 Å². The number of H-pyrrole nitrogens is 1. The highest BCUT2D eigenvalue weighted by Gasteiger charge is 2.35. The minimum Gasteiger partial charge on any atom is -0.480 e. The van der Waals surface area contributed by atoms with Crippen molar-refractivity contribution in [1.29, 1.82) is 0 Å². The molecule has 0 unspecified atom stereocenters. The van der Waals surface area contributed by atoms with Gasteiger partial charge in [0.2, 0.25) is 0 Å². The quantitative estimate of drug-likeness (QED) is 0.830. The number of aryl methyl sites for hydroxylation is 1. The second-order valence-corrected chi connectivity index (χ2v) is 4.34. The first-order chi connectivity index (χ1) is 9.58. The summed E-state index contributed by atoms with van der Waals surface area (Å²) in [5, 5.41) is 14.9. The lowest BCUT2D eigenvalue weighted by molar-refractivity contribution is -0.149. The molecule has 21 heavy (non-hydrogen) atoms. The minimum atomic E-state index is -4.69. The van der Waals surface area contributed by atoms with Crippen molar-refractivity contribution in [3.63, 3.8) is 0 Å². The van der Waals surface area contributed by atoms with E-state index in [0.29, 0.717) is 5.82 Å². The van der Waals surface area contributed by atoms with Gasteiger partial charge in [0, 0.05) is 7.05 Å². The van der Waals surface area contributed by atoms with E-state index in [9.17, 15) is 22.8 Å². The molecule has 0 saturated carbocycles. The van der Waals surface area contributed by atoms with Gasteiger partial charge in [0.25, 0.3) is 0 Å². The number of aromatic nitrogens is 3. The number of hydrogen-bond donors (Lipinski definition) is 2. The van der Waals surface area contributed by atoms with Gasteiger partial charge < -0.3 is 14.9 Å². The fourth-order valence-electron chi connectivity index (χ4n) is 1.55. The van der Waals surface area contributed by atoms with Gasteiger partial charge in [-0.25, -0.2) is 9.78 Å². The van der Waals surface area contributed by atoms with E-state index in [1.807, 2.05) is 0 Å². The average molecular weight is 309 g/mol. The van der Waals surface area contributed by atoms with Crippen molar-refractivity contribution in [3.8, 4) is 0 Å². The van der Waals surface area contributed by atoms with Crippen LogP contribution in [-0.4, -0.2) is 68.4 Å². The Bertz CT molecular complexity index is 516. The Hall–Kier alpha value is -2.33. The number of aliphatic carboxylic acids is 1. The van der Waals surface area contributed by atoms with Crippen LogP contribution in [0.2, 0.25) is 0 Å². The predicted octanol–water partition coefficient (Wildman–Crippen LogP) is 0.614. The first kappa shape index (κ1) is 16.7. The Morgan fingerprint density at radius 2 is 2.00 bits per heavy atom. The SMILES string of the molecule is Cc1nc(CN(C)C(=O)N(CC(=O)O)CC(F)(F)F)n[nH]1. The summed E-state index contributed by atoms with van der Waals surface area (Å²) in [5.74, 6) is -0.830. The smallest absolute Gasteiger partial charge is 0.406 e. The highest BCUT2D eigenvalue weighted by Crippen LogP contribution is 2.17. The fraction of sp³-hybridized carbons (Fsp3) is 0.600. The molecule has 1 aromatic heterocycles. The second-order valence-electron chi connectivity index (χ2n) is 4.34. The number of nitrogens with one attached hydrogen (secondary N) is 1. The summed E-state index contributed by atoms with van der Waals surface area (Å²) in [5.41, 5.74) is 0. The molecule has 118 valence electrons. The number of carboxylic acids is 1. The van der Waals surface area contributed by atoms with Crippen LogP contribution in [0, 0.1) is 6.92 Å². The molecular formula is C10H14F3N5O3. The number of carbonyl (C=O) groups excluding carboxylic acids is 1. The third-order valence-corrected chi connectivity index (χ3v) is 2.32. The van der Waals surface area contributed by atoms with Crippen LogP contribution in [0.15, 0.2) is 0 Å². The summed E-state index contributed by atoms with van der Waals surface area (Å²) in [6, 6.07) is -1.07. The lowest BCUT2D eigenvalue weighted by Gasteiger charge is -2.27. The number of halogens is 3. The number of aromatic amines is 1. The number of nitrogens with zero attached hydrogens (tertiary/aromatic N) is 4. The average Bonchev–Trinajstić information content (AvgIpc) is 2.70. The number of amides is 2. The maximum Gasteiger partial charge on any atom is 0.406 e. The molecule has 0 aromatic carbocycles. The van der Waals surface area contributed by atoms with Gasteiger partial charge in [-0.2, -0.15) is 18.3 Å². The highest BCUT2D eigenvalue weighted by molar-refractivity contribution is 5.80. The van der Waals surface area contributed by atoms with Gasteiger partial charge in [-0.15, -0.1) is 0 Å². The normalized spacial score (nSPS) is 11.3. The lowest BCUT2D eigenvalue weighted by atomic mass is 10.4. The van der Waals surface area contributed by atoms with Crippen molar-refractivity contribution in [3.05, 3.63) is 11.6 Å². The van der Waals surface area contributed by atoms with Crippen molar-refractivity contribution < 1.29 is 27.9 Å². The molecule has 0 radical (unpaired) electrons. The van der Waals surface area contributed by atoms with Crippen LogP contribution in [0.25, 0.3) is 0 Å². The number of rotatable bonds is 5. The molecule has 0 fully saturated rings. The minimum absolute atomic E-state index is 0.142. The summed E-state index contributed by atoms with van der Waals surface area (Å²) in [6.45, 7) is -1.21. The molecule has 0 bridgehead atoms. The molecule has 1 rings (SSSR count). The summed E-state index contributed by atoms with van der Waals surface area (Å²) >= 11 is 0. The zero-order chi connectivity index (χ0) is 16.2. The molecule has 2 N–H and O–H groups in total. The maximum absolute atomic E-state index is 12.4. The monoisotopic (exact) mass is 309 g/mol. The van der Waals surface area contributed by atoms with Gasteiger partial charge in [0.05, 0.1) is 6.54 Å². The van der Waals surface area contributed by atoms with Gasteiger partial charge in [0.15, 0.2) is 5.82 Å². The van der Waals surface area contributed by atoms with E-state index in [2.05, 4.69) is 15.2 Å². The molecule has 0 aliphatic heterocycles. The van der Waals surface area contributed by atoms with Crippen LogP contribution < -0.4 is 0 Å². The number of carbonyl (C=O) groups is 2.